The van der Waals surface area contributed by atoms with Crippen LogP contribution in [0.3, 0.4) is 0 Å². The van der Waals surface area contributed by atoms with Crippen LogP contribution in [-0.2, 0) is 9.59 Å². The number of carbonyl (C=O) groups excluding carboxylic acids is 1. The summed E-state index contributed by atoms with van der Waals surface area (Å²) in [4.78, 5) is 22.0. The highest BCUT2D eigenvalue weighted by atomic mass is 35.5. The minimum absolute atomic E-state index is 0.264. The summed E-state index contributed by atoms with van der Waals surface area (Å²) in [7, 11) is 1.46. The van der Waals surface area contributed by atoms with E-state index in [4.69, 9.17) is 21.4 Å². The molecule has 1 amide bonds. The molecule has 0 aromatic heterocycles. The van der Waals surface area contributed by atoms with Gasteiger partial charge in [-0.25, -0.2) is 0 Å². The summed E-state index contributed by atoms with van der Waals surface area (Å²) in [6, 6.07) is 4.26. The highest BCUT2D eigenvalue weighted by Crippen LogP contribution is 2.33. The number of benzene rings is 1. The number of nitrogens with one attached hydrogen (secondary N) is 1. The molecule has 2 N–H and O–H groups in total. The molecule has 98 valence electrons. The normalized spacial score (nSPS) is 11.7. The molecule has 1 atom stereocenters. The second-order valence-corrected chi connectivity index (χ2v) is 4.11. The van der Waals surface area contributed by atoms with Crippen molar-refractivity contribution in [2.45, 2.75) is 19.4 Å². The van der Waals surface area contributed by atoms with Crippen LogP contribution in [0.5, 0.6) is 5.75 Å². The topological polar surface area (TPSA) is 75.6 Å². The molecule has 0 fully saturated rings. The molecule has 5 nitrogen and oxygen atoms in total. The number of rotatable bonds is 5. The Labute approximate surface area is 110 Å². The van der Waals surface area contributed by atoms with E-state index >= 15 is 0 Å². The summed E-state index contributed by atoms with van der Waals surface area (Å²) in [5.74, 6) is -0.915. The Morgan fingerprint density at radius 2 is 2.17 bits per heavy atom. The van der Waals surface area contributed by atoms with Crippen molar-refractivity contribution >= 4 is 23.5 Å². The third-order valence-corrected chi connectivity index (χ3v) is 2.67. The minimum atomic E-state index is -1.03. The fraction of sp³-hybridized carbons (Fsp3) is 0.333. The Morgan fingerprint density at radius 1 is 1.50 bits per heavy atom. The van der Waals surface area contributed by atoms with Gasteiger partial charge in [0.2, 0.25) is 5.91 Å². The highest BCUT2D eigenvalue weighted by molar-refractivity contribution is 6.31. The van der Waals surface area contributed by atoms with E-state index < -0.39 is 12.0 Å². The first-order valence-electron chi connectivity index (χ1n) is 5.27. The Kier molecular flexibility index (Phi) is 4.97. The summed E-state index contributed by atoms with van der Waals surface area (Å²) < 4.78 is 5.14. The van der Waals surface area contributed by atoms with Crippen LogP contribution in [0.15, 0.2) is 18.2 Å². The van der Waals surface area contributed by atoms with E-state index in [0.29, 0.717) is 16.3 Å². The van der Waals surface area contributed by atoms with Crippen LogP contribution in [0.2, 0.25) is 5.02 Å². The molecular weight excluding hydrogens is 258 g/mol. The second-order valence-electron chi connectivity index (χ2n) is 3.71. The van der Waals surface area contributed by atoms with Gasteiger partial charge in [-0.05, 0) is 12.1 Å². The van der Waals surface area contributed by atoms with Gasteiger partial charge in [0.25, 0.3) is 0 Å². The van der Waals surface area contributed by atoms with E-state index in [9.17, 15) is 9.59 Å². The van der Waals surface area contributed by atoms with Gasteiger partial charge in [-0.15, -0.1) is 0 Å². The van der Waals surface area contributed by atoms with Crippen molar-refractivity contribution in [2.75, 3.05) is 7.11 Å². The first-order chi connectivity index (χ1) is 8.45. The smallest absolute Gasteiger partial charge is 0.305 e. The van der Waals surface area contributed by atoms with Crippen molar-refractivity contribution in [1.82, 2.24) is 5.32 Å². The fourth-order valence-corrected chi connectivity index (χ4v) is 1.98. The number of carbonyl (C=O) groups is 2. The van der Waals surface area contributed by atoms with Gasteiger partial charge in [0.1, 0.15) is 5.75 Å². The number of aliphatic carboxylic acids is 1. The van der Waals surface area contributed by atoms with E-state index in [1.54, 1.807) is 18.2 Å². The van der Waals surface area contributed by atoms with Crippen molar-refractivity contribution < 1.29 is 19.4 Å². The lowest BCUT2D eigenvalue weighted by Gasteiger charge is -2.20. The van der Waals surface area contributed by atoms with Gasteiger partial charge in [-0.1, -0.05) is 17.7 Å². The quantitative estimate of drug-likeness (QED) is 0.859. The molecule has 0 aliphatic rings. The van der Waals surface area contributed by atoms with E-state index in [1.165, 1.54) is 14.0 Å². The Bertz CT molecular complexity index is 445. The van der Waals surface area contributed by atoms with Crippen molar-refractivity contribution in [3.63, 3.8) is 0 Å². The average Bonchev–Trinajstić information content (AvgIpc) is 2.26. The number of ether oxygens (including phenoxy) is 1. The van der Waals surface area contributed by atoms with Gasteiger partial charge < -0.3 is 15.2 Å². The third-order valence-electron chi connectivity index (χ3n) is 2.34. The van der Waals surface area contributed by atoms with Crippen LogP contribution in [0.1, 0.15) is 24.9 Å². The number of carboxylic acids is 1. The number of hydrogen-bond donors (Lipinski definition) is 2. The summed E-state index contributed by atoms with van der Waals surface area (Å²) in [6.45, 7) is 1.32. The molecule has 0 aliphatic carbocycles. The molecule has 0 saturated carbocycles. The monoisotopic (exact) mass is 271 g/mol. The Morgan fingerprint density at radius 3 is 2.67 bits per heavy atom. The summed E-state index contributed by atoms with van der Waals surface area (Å²) in [5, 5.41) is 11.8. The van der Waals surface area contributed by atoms with Gasteiger partial charge in [0.05, 0.1) is 19.6 Å². The van der Waals surface area contributed by atoms with Crippen LogP contribution in [0.25, 0.3) is 0 Å². The molecule has 1 rings (SSSR count). The van der Waals surface area contributed by atoms with Crippen LogP contribution < -0.4 is 10.1 Å². The van der Waals surface area contributed by atoms with Crippen molar-refractivity contribution in [1.29, 1.82) is 0 Å². The maximum atomic E-state index is 11.1. The van der Waals surface area contributed by atoms with Crippen molar-refractivity contribution in [3.05, 3.63) is 28.8 Å². The molecule has 1 aromatic carbocycles. The van der Waals surface area contributed by atoms with Crippen molar-refractivity contribution in [2.24, 2.45) is 0 Å². The number of hydrogen-bond acceptors (Lipinski definition) is 3. The van der Waals surface area contributed by atoms with Gasteiger partial charge >= 0.3 is 5.97 Å². The second kappa shape index (κ2) is 6.26. The molecule has 18 heavy (non-hydrogen) atoms. The standard InChI is InChI=1S/C12H14ClNO4/c1-7(15)14-9(6-11(16)17)12-8(13)4-3-5-10(12)18-2/h3-5,9H,6H2,1-2H3,(H,14,15)(H,16,17). The average molecular weight is 272 g/mol. The number of methoxy groups -OCH3 is 1. The first-order valence-corrected chi connectivity index (χ1v) is 5.64. The fourth-order valence-electron chi connectivity index (χ4n) is 1.68. The molecule has 1 aromatic rings. The molecule has 0 heterocycles. The van der Waals surface area contributed by atoms with Crippen LogP contribution >= 0.6 is 11.6 Å². The maximum absolute atomic E-state index is 11.1. The lowest BCUT2D eigenvalue weighted by atomic mass is 10.0. The molecule has 6 heteroatoms. The predicted molar refractivity (Wildman–Crippen MR) is 66.8 cm³/mol. The molecule has 0 bridgehead atoms. The van der Waals surface area contributed by atoms with Gasteiger partial charge in [-0.2, -0.15) is 0 Å². The van der Waals surface area contributed by atoms with Crippen LogP contribution in [-0.4, -0.2) is 24.1 Å². The van der Waals surface area contributed by atoms with Gasteiger partial charge in [-0.3, -0.25) is 9.59 Å². The number of amides is 1. The Hall–Kier alpha value is -1.75. The zero-order valence-corrected chi connectivity index (χ0v) is 10.8. The van der Waals surface area contributed by atoms with Gasteiger partial charge in [0, 0.05) is 17.5 Å². The third kappa shape index (κ3) is 3.63. The predicted octanol–water partition coefficient (Wildman–Crippen LogP) is 2.00. The maximum Gasteiger partial charge on any atom is 0.305 e. The molecule has 0 aliphatic heterocycles. The Balaban J connectivity index is 3.18. The summed E-state index contributed by atoms with van der Waals surface area (Å²) >= 11 is 6.05. The molecular formula is C12H14ClNO4. The number of halogens is 1. The molecule has 0 spiro atoms. The molecule has 0 radical (unpaired) electrons. The molecule has 0 saturated heterocycles. The van der Waals surface area contributed by atoms with Crippen molar-refractivity contribution in [3.8, 4) is 5.75 Å². The zero-order chi connectivity index (χ0) is 13.7. The number of carboxylic acid groups (broad SMARTS) is 1. The van der Waals surface area contributed by atoms with E-state index in [0.717, 1.165) is 0 Å². The van der Waals surface area contributed by atoms with E-state index in [1.807, 2.05) is 0 Å². The lowest BCUT2D eigenvalue weighted by Crippen LogP contribution is -2.28. The van der Waals surface area contributed by atoms with Crippen LogP contribution in [0, 0.1) is 0 Å². The highest BCUT2D eigenvalue weighted by Gasteiger charge is 2.22. The summed E-state index contributed by atoms with van der Waals surface area (Å²) in [5.41, 5.74) is 0.472. The largest absolute Gasteiger partial charge is 0.496 e. The zero-order valence-electron chi connectivity index (χ0n) is 10.1. The lowest BCUT2D eigenvalue weighted by molar-refractivity contribution is -0.137. The van der Waals surface area contributed by atoms with Crippen LogP contribution in [0.4, 0.5) is 0 Å². The SMILES string of the molecule is COc1cccc(Cl)c1C(CC(=O)O)NC(C)=O. The first kappa shape index (κ1) is 14.3. The van der Waals surface area contributed by atoms with E-state index in [2.05, 4.69) is 5.32 Å². The van der Waals surface area contributed by atoms with Gasteiger partial charge in [0.15, 0.2) is 0 Å². The van der Waals surface area contributed by atoms with E-state index in [-0.39, 0.29) is 12.3 Å². The summed E-state index contributed by atoms with van der Waals surface area (Å²) in [6.07, 6.45) is -0.264. The minimum Gasteiger partial charge on any atom is -0.496 e. The molecule has 1 unspecified atom stereocenters.